The van der Waals surface area contributed by atoms with Crippen LogP contribution in [0.1, 0.15) is 53.4 Å². The summed E-state index contributed by atoms with van der Waals surface area (Å²) in [5.41, 5.74) is -1.29. The second-order valence-electron chi connectivity index (χ2n) is 5.42. The Hall–Kier alpha value is -0.570. The minimum absolute atomic E-state index is 0.0977. The van der Waals surface area contributed by atoms with Gasteiger partial charge in [0.15, 0.2) is 0 Å². The van der Waals surface area contributed by atoms with Gasteiger partial charge in [-0.15, -0.1) is 0 Å². The first kappa shape index (κ1) is 12.5. The molecule has 0 spiro atoms. The Kier molecular flexibility index (Phi) is 3.44. The highest BCUT2D eigenvalue weighted by molar-refractivity contribution is 5.77. The molecule has 1 fully saturated rings. The molecule has 15 heavy (non-hydrogen) atoms. The van der Waals surface area contributed by atoms with Gasteiger partial charge in [0, 0.05) is 18.4 Å². The summed E-state index contributed by atoms with van der Waals surface area (Å²) in [6.07, 6.45) is 3.13. The maximum atomic E-state index is 11.8. The molecule has 1 N–H and O–H groups in total. The molecule has 0 bridgehead atoms. The number of rotatable bonds is 2. The van der Waals surface area contributed by atoms with Crippen LogP contribution in [0.5, 0.6) is 0 Å². The van der Waals surface area contributed by atoms with Crippen molar-refractivity contribution in [2.45, 2.75) is 59.1 Å². The third-order valence-corrected chi connectivity index (χ3v) is 3.46. The van der Waals surface area contributed by atoms with E-state index in [1.807, 2.05) is 27.7 Å². The summed E-state index contributed by atoms with van der Waals surface area (Å²) in [5.74, 6) is 0.0977. The minimum atomic E-state index is -0.996. The largest absolute Gasteiger partial charge is 0.370 e. The molecule has 1 heterocycles. The van der Waals surface area contributed by atoms with Gasteiger partial charge >= 0.3 is 0 Å². The summed E-state index contributed by atoms with van der Waals surface area (Å²) in [7, 11) is 0. The zero-order chi connectivity index (χ0) is 11.7. The van der Waals surface area contributed by atoms with Crippen LogP contribution in [0.2, 0.25) is 0 Å². The van der Waals surface area contributed by atoms with Crippen LogP contribution in [0.3, 0.4) is 0 Å². The molecule has 1 aliphatic rings. The lowest BCUT2D eigenvalue weighted by molar-refractivity contribution is -0.196. The molecule has 88 valence electrons. The summed E-state index contributed by atoms with van der Waals surface area (Å²) in [4.78, 5) is 13.5. The van der Waals surface area contributed by atoms with E-state index in [2.05, 4.69) is 0 Å². The average molecular weight is 213 g/mol. The predicted molar refractivity (Wildman–Crippen MR) is 60.3 cm³/mol. The van der Waals surface area contributed by atoms with Crippen LogP contribution in [-0.4, -0.2) is 28.2 Å². The topological polar surface area (TPSA) is 40.5 Å². The number of nitrogens with zero attached hydrogens (tertiary/aromatic N) is 1. The van der Waals surface area contributed by atoms with Crippen LogP contribution in [0.25, 0.3) is 0 Å². The summed E-state index contributed by atoms with van der Waals surface area (Å²) >= 11 is 0. The number of hydrogen-bond donors (Lipinski definition) is 1. The van der Waals surface area contributed by atoms with E-state index < -0.39 is 5.72 Å². The Labute approximate surface area is 92.5 Å². The molecule has 1 amide bonds. The molecule has 3 heteroatoms. The molecule has 0 aromatic rings. The number of amides is 1. The highest BCUT2D eigenvalue weighted by atomic mass is 16.3. The zero-order valence-corrected chi connectivity index (χ0v) is 10.3. The monoisotopic (exact) mass is 213 g/mol. The second-order valence-corrected chi connectivity index (χ2v) is 5.42. The second kappa shape index (κ2) is 4.12. The normalized spacial score (nSPS) is 22.7. The van der Waals surface area contributed by atoms with Crippen LogP contribution < -0.4 is 0 Å². The van der Waals surface area contributed by atoms with Gasteiger partial charge in [-0.05, 0) is 19.3 Å². The van der Waals surface area contributed by atoms with Gasteiger partial charge in [-0.3, -0.25) is 4.79 Å². The van der Waals surface area contributed by atoms with Crippen molar-refractivity contribution in [1.82, 2.24) is 4.90 Å². The van der Waals surface area contributed by atoms with Gasteiger partial charge in [-0.1, -0.05) is 27.7 Å². The van der Waals surface area contributed by atoms with Crippen LogP contribution in [0, 0.1) is 5.41 Å². The van der Waals surface area contributed by atoms with E-state index in [0.717, 1.165) is 12.8 Å². The van der Waals surface area contributed by atoms with Crippen molar-refractivity contribution in [3.63, 3.8) is 0 Å². The first-order valence-corrected chi connectivity index (χ1v) is 5.86. The quantitative estimate of drug-likeness (QED) is 0.763. The lowest BCUT2D eigenvalue weighted by Crippen LogP contribution is -2.60. The van der Waals surface area contributed by atoms with E-state index in [1.165, 1.54) is 0 Å². The van der Waals surface area contributed by atoms with Crippen LogP contribution in [0.15, 0.2) is 0 Å². The molecule has 1 rings (SSSR count). The Morgan fingerprint density at radius 2 is 1.93 bits per heavy atom. The van der Waals surface area contributed by atoms with Crippen molar-refractivity contribution < 1.29 is 9.90 Å². The standard InChI is InChI=1S/C12H23NO2/c1-5-12(15,11(2,3)4)13-9-7-6-8-10(13)14/h15H,5-9H2,1-4H3. The van der Waals surface area contributed by atoms with Gasteiger partial charge in [-0.2, -0.15) is 0 Å². The van der Waals surface area contributed by atoms with E-state index in [4.69, 9.17) is 0 Å². The van der Waals surface area contributed by atoms with Crippen molar-refractivity contribution in [1.29, 1.82) is 0 Å². The van der Waals surface area contributed by atoms with Crippen molar-refractivity contribution in [3.05, 3.63) is 0 Å². The van der Waals surface area contributed by atoms with Gasteiger partial charge in [0.05, 0.1) is 0 Å². The van der Waals surface area contributed by atoms with Gasteiger partial charge in [0.2, 0.25) is 5.91 Å². The molecule has 1 unspecified atom stereocenters. The number of carbonyl (C=O) groups excluding carboxylic acids is 1. The fourth-order valence-electron chi connectivity index (χ4n) is 2.32. The van der Waals surface area contributed by atoms with E-state index in [-0.39, 0.29) is 11.3 Å². The number of likely N-dealkylation sites (tertiary alicyclic amines) is 1. The molecule has 0 aliphatic carbocycles. The molecule has 3 nitrogen and oxygen atoms in total. The lowest BCUT2D eigenvalue weighted by Gasteiger charge is -2.49. The summed E-state index contributed by atoms with van der Waals surface area (Å²) < 4.78 is 0. The molecule has 1 aliphatic heterocycles. The molecular weight excluding hydrogens is 190 g/mol. The maximum Gasteiger partial charge on any atom is 0.224 e. The summed E-state index contributed by atoms with van der Waals surface area (Å²) in [6, 6.07) is 0. The number of aliphatic hydroxyl groups is 1. The van der Waals surface area contributed by atoms with Gasteiger partial charge in [0.1, 0.15) is 5.72 Å². The Balaban J connectivity index is 2.94. The number of carbonyl (C=O) groups is 1. The van der Waals surface area contributed by atoms with E-state index in [0.29, 0.717) is 19.4 Å². The zero-order valence-electron chi connectivity index (χ0n) is 10.3. The molecule has 0 radical (unpaired) electrons. The van der Waals surface area contributed by atoms with Crippen molar-refractivity contribution in [2.75, 3.05) is 6.54 Å². The number of hydrogen-bond acceptors (Lipinski definition) is 2. The van der Waals surface area contributed by atoms with Crippen LogP contribution in [0.4, 0.5) is 0 Å². The molecular formula is C12H23NO2. The molecule has 0 aromatic heterocycles. The first-order chi connectivity index (χ1) is 6.83. The first-order valence-electron chi connectivity index (χ1n) is 5.86. The van der Waals surface area contributed by atoms with Gasteiger partial charge < -0.3 is 10.0 Å². The van der Waals surface area contributed by atoms with Crippen LogP contribution in [-0.2, 0) is 4.79 Å². The highest BCUT2D eigenvalue weighted by Gasteiger charge is 2.46. The van der Waals surface area contributed by atoms with E-state index in [9.17, 15) is 9.90 Å². The Morgan fingerprint density at radius 3 is 2.33 bits per heavy atom. The molecule has 1 saturated heterocycles. The Morgan fingerprint density at radius 1 is 1.33 bits per heavy atom. The average Bonchev–Trinajstić information content (AvgIpc) is 2.15. The van der Waals surface area contributed by atoms with E-state index >= 15 is 0 Å². The molecule has 0 saturated carbocycles. The number of piperidine rings is 1. The SMILES string of the molecule is CCC(O)(N1CCCCC1=O)C(C)(C)C. The predicted octanol–water partition coefficient (Wildman–Crippen LogP) is 2.14. The van der Waals surface area contributed by atoms with E-state index in [1.54, 1.807) is 4.90 Å². The maximum absolute atomic E-state index is 11.8. The summed E-state index contributed by atoms with van der Waals surface area (Å²) in [5, 5.41) is 10.7. The van der Waals surface area contributed by atoms with Crippen LogP contribution >= 0.6 is 0 Å². The van der Waals surface area contributed by atoms with Crippen molar-refractivity contribution in [2.24, 2.45) is 5.41 Å². The smallest absolute Gasteiger partial charge is 0.224 e. The third-order valence-electron chi connectivity index (χ3n) is 3.46. The molecule has 0 aromatic carbocycles. The Bertz CT molecular complexity index is 244. The van der Waals surface area contributed by atoms with Gasteiger partial charge in [-0.25, -0.2) is 0 Å². The fourth-order valence-corrected chi connectivity index (χ4v) is 2.32. The molecule has 1 atom stereocenters. The lowest BCUT2D eigenvalue weighted by atomic mass is 9.79. The minimum Gasteiger partial charge on any atom is -0.370 e. The van der Waals surface area contributed by atoms with Crippen molar-refractivity contribution in [3.8, 4) is 0 Å². The highest BCUT2D eigenvalue weighted by Crippen LogP contribution is 2.37. The third kappa shape index (κ3) is 2.17. The van der Waals surface area contributed by atoms with Crippen molar-refractivity contribution >= 4 is 5.91 Å². The fraction of sp³-hybridized carbons (Fsp3) is 0.917. The van der Waals surface area contributed by atoms with Gasteiger partial charge in [0.25, 0.3) is 0 Å². The summed E-state index contributed by atoms with van der Waals surface area (Å²) in [6.45, 7) is 8.59.